The van der Waals surface area contributed by atoms with E-state index in [2.05, 4.69) is 26.4 Å². The minimum Gasteiger partial charge on any atom is -0.494 e. The maximum Gasteiger partial charge on any atom is 0.183 e. The Balaban J connectivity index is 1.71. The third kappa shape index (κ3) is 5.28. The van der Waals surface area contributed by atoms with Crippen molar-refractivity contribution in [3.63, 3.8) is 0 Å². The second-order valence-electron chi connectivity index (χ2n) is 8.27. The number of nitrogens with one attached hydrogen (secondary N) is 4. The molecule has 6 N–H and O–H groups in total. The zero-order valence-corrected chi connectivity index (χ0v) is 20.1. The van der Waals surface area contributed by atoms with Crippen molar-refractivity contribution < 1.29 is 4.74 Å². The highest BCUT2D eigenvalue weighted by Crippen LogP contribution is 2.31. The molecule has 0 amide bonds. The molecule has 1 saturated carbocycles. The van der Waals surface area contributed by atoms with Crippen molar-refractivity contribution in [3.05, 3.63) is 36.0 Å². The van der Waals surface area contributed by atoms with E-state index in [0.717, 1.165) is 60.0 Å². The summed E-state index contributed by atoms with van der Waals surface area (Å²) in [4.78, 5) is 4.92. The number of benzene rings is 1. The van der Waals surface area contributed by atoms with Crippen LogP contribution in [0.3, 0.4) is 0 Å². The maximum absolute atomic E-state index is 6.10. The molecule has 33 heavy (non-hydrogen) atoms. The van der Waals surface area contributed by atoms with Crippen LogP contribution in [0, 0.1) is 6.92 Å². The highest BCUT2D eigenvalue weighted by atomic mass is 32.1. The van der Waals surface area contributed by atoms with E-state index in [4.69, 9.17) is 27.7 Å². The van der Waals surface area contributed by atoms with Crippen molar-refractivity contribution in [3.8, 4) is 5.75 Å². The molecule has 1 fully saturated rings. The molecule has 0 atom stereocenters. The third-order valence-corrected chi connectivity index (χ3v) is 6.21. The topological polar surface area (TPSA) is 114 Å². The first-order chi connectivity index (χ1) is 16.0. The number of anilines is 4. The number of nitrogens with two attached hydrogens (primary N) is 1. The van der Waals surface area contributed by atoms with Crippen molar-refractivity contribution in [2.75, 3.05) is 29.6 Å². The van der Waals surface area contributed by atoms with Crippen molar-refractivity contribution in [1.29, 1.82) is 0 Å². The number of rotatable bonds is 7. The van der Waals surface area contributed by atoms with E-state index < -0.39 is 0 Å². The van der Waals surface area contributed by atoms with Gasteiger partial charge >= 0.3 is 0 Å². The van der Waals surface area contributed by atoms with Gasteiger partial charge in [-0.15, -0.1) is 0 Å². The molecule has 2 heterocycles. The molecule has 1 aromatic carbocycles. The van der Waals surface area contributed by atoms with E-state index in [9.17, 15) is 0 Å². The number of nitrogens with zero attached hydrogens (tertiary/aromatic N) is 3. The van der Waals surface area contributed by atoms with Crippen LogP contribution in [0.15, 0.2) is 30.5 Å². The van der Waals surface area contributed by atoms with Gasteiger partial charge in [0, 0.05) is 30.4 Å². The summed E-state index contributed by atoms with van der Waals surface area (Å²) in [5, 5.41) is 18.4. The van der Waals surface area contributed by atoms with Crippen LogP contribution >= 0.6 is 12.2 Å². The van der Waals surface area contributed by atoms with Crippen LogP contribution < -0.4 is 31.7 Å². The van der Waals surface area contributed by atoms with Gasteiger partial charge in [-0.3, -0.25) is 0 Å². The Labute approximate surface area is 199 Å². The lowest BCUT2D eigenvalue weighted by molar-refractivity contribution is 0.340. The lowest BCUT2D eigenvalue weighted by Gasteiger charge is -2.28. The fourth-order valence-corrected chi connectivity index (χ4v) is 4.14. The van der Waals surface area contributed by atoms with E-state index in [0.29, 0.717) is 29.5 Å². The molecule has 2 aromatic heterocycles. The molecular formula is C23H32N8OS. The number of thiocarbonyl (C=S) groups is 1. The number of aromatic nitrogens is 3. The molecule has 0 saturated heterocycles. The van der Waals surface area contributed by atoms with Gasteiger partial charge in [0.2, 0.25) is 0 Å². The van der Waals surface area contributed by atoms with E-state index in [1.807, 2.05) is 38.1 Å². The smallest absolute Gasteiger partial charge is 0.183 e. The van der Waals surface area contributed by atoms with E-state index >= 15 is 0 Å². The lowest BCUT2D eigenvalue weighted by atomic mass is 9.92. The van der Waals surface area contributed by atoms with E-state index in [1.54, 1.807) is 17.8 Å². The number of hydrogen-bond donors (Lipinski definition) is 5. The van der Waals surface area contributed by atoms with Gasteiger partial charge in [-0.05, 0) is 76.0 Å². The molecule has 0 bridgehead atoms. The Morgan fingerprint density at radius 3 is 2.61 bits per heavy atom. The minimum absolute atomic E-state index is 0.296. The van der Waals surface area contributed by atoms with Crippen LogP contribution in [-0.2, 0) is 0 Å². The molecule has 176 valence electrons. The molecule has 9 nitrogen and oxygen atoms in total. The molecule has 1 aliphatic carbocycles. The van der Waals surface area contributed by atoms with Gasteiger partial charge in [0.15, 0.2) is 10.8 Å². The number of fused-ring (bicyclic) bond motifs is 1. The van der Waals surface area contributed by atoms with Gasteiger partial charge in [0.05, 0.1) is 12.8 Å². The quantitative estimate of drug-likeness (QED) is 0.331. The lowest BCUT2D eigenvalue weighted by Crippen LogP contribution is -2.33. The van der Waals surface area contributed by atoms with E-state index in [-0.39, 0.29) is 0 Å². The fourth-order valence-electron chi connectivity index (χ4n) is 4.03. The molecule has 1 aliphatic rings. The predicted molar refractivity (Wildman–Crippen MR) is 138 cm³/mol. The summed E-state index contributed by atoms with van der Waals surface area (Å²) < 4.78 is 7.37. The molecular weight excluding hydrogens is 436 g/mol. The van der Waals surface area contributed by atoms with Crippen LogP contribution in [0.1, 0.15) is 38.2 Å². The molecule has 0 unspecified atom stereocenters. The van der Waals surface area contributed by atoms with Crippen molar-refractivity contribution in [1.82, 2.24) is 19.9 Å². The second kappa shape index (κ2) is 10.2. The molecule has 0 spiro atoms. The van der Waals surface area contributed by atoms with Gasteiger partial charge in [-0.1, -0.05) is 0 Å². The monoisotopic (exact) mass is 468 g/mol. The Kier molecular flexibility index (Phi) is 7.14. The summed E-state index contributed by atoms with van der Waals surface area (Å²) >= 11 is 5.30. The first kappa shape index (κ1) is 23.1. The van der Waals surface area contributed by atoms with Gasteiger partial charge < -0.3 is 31.7 Å². The summed E-state index contributed by atoms with van der Waals surface area (Å²) in [7, 11) is 1.78. The largest absolute Gasteiger partial charge is 0.494 e. The van der Waals surface area contributed by atoms with Gasteiger partial charge in [0.25, 0.3) is 0 Å². The maximum atomic E-state index is 6.10. The zero-order chi connectivity index (χ0) is 23.4. The summed E-state index contributed by atoms with van der Waals surface area (Å²) in [6.07, 6.45) is 5.84. The van der Waals surface area contributed by atoms with Crippen LogP contribution in [0.2, 0.25) is 0 Å². The summed E-state index contributed by atoms with van der Waals surface area (Å²) in [6, 6.07) is 8.52. The first-order valence-electron chi connectivity index (χ1n) is 11.4. The Morgan fingerprint density at radius 2 is 1.94 bits per heavy atom. The molecule has 0 radical (unpaired) electrons. The standard InChI is InChI=1S/C23H32N8OS/c1-4-32-18-11-9-17(10-12-18)28-21-14(2)20(27-16-7-5-15(24)6-8-16)30-22-19(13-26-31(21)22)29-23(33)25-3/h9-13,15-16,28H,4-8,24H2,1-3H3,(H,27,30)(H2,25,29,33). The summed E-state index contributed by atoms with van der Waals surface area (Å²) in [5.41, 5.74) is 9.43. The molecule has 3 aromatic rings. The van der Waals surface area contributed by atoms with Crippen molar-refractivity contribution >= 4 is 46.0 Å². The van der Waals surface area contributed by atoms with Crippen LogP contribution in [0.5, 0.6) is 5.75 Å². The SMILES string of the molecule is CCOc1ccc(Nc2c(C)c(NC3CCC(N)CC3)nc3c(NC(=S)NC)cnn23)cc1. The van der Waals surface area contributed by atoms with Gasteiger partial charge in [0.1, 0.15) is 23.1 Å². The summed E-state index contributed by atoms with van der Waals surface area (Å²) in [6.45, 7) is 4.66. The third-order valence-electron chi connectivity index (χ3n) is 5.90. The Morgan fingerprint density at radius 1 is 1.21 bits per heavy atom. The average Bonchev–Trinajstić information content (AvgIpc) is 3.21. The summed E-state index contributed by atoms with van der Waals surface area (Å²) in [5.74, 6) is 2.50. The molecule has 0 aliphatic heterocycles. The highest BCUT2D eigenvalue weighted by molar-refractivity contribution is 7.80. The van der Waals surface area contributed by atoms with Crippen LogP contribution in [-0.4, -0.2) is 45.4 Å². The van der Waals surface area contributed by atoms with Crippen LogP contribution in [0.25, 0.3) is 5.65 Å². The zero-order valence-electron chi connectivity index (χ0n) is 19.3. The van der Waals surface area contributed by atoms with Crippen molar-refractivity contribution in [2.45, 2.75) is 51.6 Å². The average molecular weight is 469 g/mol. The Hall–Kier alpha value is -3.11. The first-order valence-corrected chi connectivity index (χ1v) is 11.8. The second-order valence-corrected chi connectivity index (χ2v) is 8.68. The van der Waals surface area contributed by atoms with E-state index in [1.165, 1.54) is 0 Å². The van der Waals surface area contributed by atoms with Gasteiger partial charge in [-0.2, -0.15) is 9.61 Å². The number of ether oxygens (including phenoxy) is 1. The highest BCUT2D eigenvalue weighted by Gasteiger charge is 2.22. The van der Waals surface area contributed by atoms with Gasteiger partial charge in [-0.25, -0.2) is 4.98 Å². The van der Waals surface area contributed by atoms with Crippen LogP contribution in [0.4, 0.5) is 23.0 Å². The minimum atomic E-state index is 0.296. The normalized spacial score (nSPS) is 18.1. The molecule has 4 rings (SSSR count). The number of hydrogen-bond acceptors (Lipinski definition) is 7. The predicted octanol–water partition coefficient (Wildman–Crippen LogP) is 3.78. The fraction of sp³-hybridized carbons (Fsp3) is 0.435. The van der Waals surface area contributed by atoms with Crippen molar-refractivity contribution in [2.24, 2.45) is 5.73 Å². The Bertz CT molecular complexity index is 1110. The molecule has 10 heteroatoms.